The lowest BCUT2D eigenvalue weighted by molar-refractivity contribution is -0.288. The molecule has 0 unspecified atom stereocenters. The molecule has 2 aliphatic rings. The molecule has 0 fully saturated rings. The maximum Gasteiger partial charge on any atom is 0.411 e. The third-order valence-corrected chi connectivity index (χ3v) is 12.3. The van der Waals surface area contributed by atoms with Gasteiger partial charge in [-0.2, -0.15) is 43.2 Å². The number of carbonyl (C=O) groups excluding carboxylic acids is 6. The Morgan fingerprint density at radius 2 is 0.826 bits per heavy atom. The number of cyclic esters (lactones) is 4. The van der Waals surface area contributed by atoms with E-state index in [2.05, 4.69) is 9.47 Å². The second kappa shape index (κ2) is 16.6. The summed E-state index contributed by atoms with van der Waals surface area (Å²) in [5, 5.41) is 0. The molecule has 0 radical (unpaired) electrons. The van der Waals surface area contributed by atoms with Gasteiger partial charge < -0.3 is 18.9 Å². The van der Waals surface area contributed by atoms with Gasteiger partial charge in [-0.25, -0.2) is 19.2 Å². The predicted octanol–water partition coefficient (Wildman–Crippen LogP) is 8.26. The lowest BCUT2D eigenvalue weighted by Crippen LogP contribution is -2.55. The lowest BCUT2D eigenvalue weighted by atomic mass is 9.71. The first kappa shape index (κ1) is 47.4. The fraction of sp³-hybridized carbons (Fsp3) is 0.0667. The number of esters is 4. The zero-order valence-electron chi connectivity index (χ0n) is 33.7. The molecule has 0 saturated carbocycles. The van der Waals surface area contributed by atoms with Gasteiger partial charge in [-0.05, 0) is 96.1 Å². The van der Waals surface area contributed by atoms with Gasteiger partial charge in [0.1, 0.15) is 23.0 Å². The van der Waals surface area contributed by atoms with Crippen molar-refractivity contribution in [3.63, 3.8) is 0 Å². The Bertz CT molecular complexity index is 3280. The van der Waals surface area contributed by atoms with Crippen molar-refractivity contribution in [1.82, 2.24) is 0 Å². The SMILES string of the molecule is O=C(c1cccc(S(=O)(=O)O)c1)c1cc(C(c2ccc(Oc3ccc4c(c3)C(=O)OC4=O)c(C(=O)c3cccc(S(=O)(=O)O)c3)c2)(C(F)(F)F)C(F)(F)F)ccc1Oc1ccc2c(c1)C(=O)OC2=O. The van der Waals surface area contributed by atoms with E-state index in [0.717, 1.165) is 72.8 Å². The molecule has 352 valence electrons. The van der Waals surface area contributed by atoms with Crippen LogP contribution in [0.1, 0.15) is 84.4 Å². The Kier molecular flexibility index (Phi) is 11.4. The summed E-state index contributed by atoms with van der Waals surface area (Å²) in [5.74, 6) is -9.78. The molecule has 24 heteroatoms. The summed E-state index contributed by atoms with van der Waals surface area (Å²) in [6.45, 7) is 0. The molecule has 6 aromatic rings. The number of benzene rings is 6. The highest BCUT2D eigenvalue weighted by atomic mass is 32.2. The average molecular weight is 997 g/mol. The fourth-order valence-corrected chi connectivity index (χ4v) is 8.51. The largest absolute Gasteiger partial charge is 0.457 e. The van der Waals surface area contributed by atoms with Crippen molar-refractivity contribution in [2.24, 2.45) is 0 Å². The lowest BCUT2D eigenvalue weighted by Gasteiger charge is -2.39. The van der Waals surface area contributed by atoms with Gasteiger partial charge in [-0.3, -0.25) is 18.7 Å². The van der Waals surface area contributed by atoms with Crippen LogP contribution in [0.4, 0.5) is 26.3 Å². The summed E-state index contributed by atoms with van der Waals surface area (Å²) in [6, 6.07) is 14.1. The van der Waals surface area contributed by atoms with Gasteiger partial charge in [-0.1, -0.05) is 36.4 Å². The van der Waals surface area contributed by atoms with Gasteiger partial charge in [0.25, 0.3) is 20.2 Å². The normalized spacial score (nSPS) is 13.9. The number of hydrogen-bond donors (Lipinski definition) is 2. The summed E-state index contributed by atoms with van der Waals surface area (Å²) in [6.07, 6.45) is -12.9. The first-order valence-corrected chi connectivity index (χ1v) is 21.9. The Labute approximate surface area is 382 Å². The molecule has 16 nitrogen and oxygen atoms in total. The highest BCUT2D eigenvalue weighted by Gasteiger charge is 2.72. The van der Waals surface area contributed by atoms with Crippen molar-refractivity contribution in [3.05, 3.63) is 177 Å². The summed E-state index contributed by atoms with van der Waals surface area (Å²) in [7, 11) is -10.1. The molecular weight excluding hydrogens is 975 g/mol. The summed E-state index contributed by atoms with van der Waals surface area (Å²) in [5.41, 5.74) is -13.6. The quantitative estimate of drug-likeness (QED) is 0.0385. The number of hydrogen-bond acceptors (Lipinski definition) is 14. The summed E-state index contributed by atoms with van der Waals surface area (Å²) >= 11 is 0. The van der Waals surface area contributed by atoms with Crippen molar-refractivity contribution < 1.29 is 100.0 Å². The monoisotopic (exact) mass is 996 g/mol. The minimum Gasteiger partial charge on any atom is -0.457 e. The number of fused-ring (bicyclic) bond motifs is 2. The van der Waals surface area contributed by atoms with Gasteiger partial charge >= 0.3 is 36.2 Å². The van der Waals surface area contributed by atoms with E-state index in [1.54, 1.807) is 0 Å². The highest BCUT2D eigenvalue weighted by molar-refractivity contribution is 7.86. The number of rotatable bonds is 12. The Hall–Kier alpha value is -8.06. The van der Waals surface area contributed by atoms with Gasteiger partial charge in [0.05, 0.1) is 43.2 Å². The molecular formula is C45H22F6O16S2. The molecule has 2 aliphatic heterocycles. The van der Waals surface area contributed by atoms with Crippen LogP contribution in [0.3, 0.4) is 0 Å². The number of carbonyl (C=O) groups is 6. The van der Waals surface area contributed by atoms with E-state index < -0.39 is 140 Å². The van der Waals surface area contributed by atoms with Crippen LogP contribution in [0.2, 0.25) is 0 Å². The van der Waals surface area contributed by atoms with E-state index in [-0.39, 0.29) is 46.5 Å². The minimum atomic E-state index is -6.47. The van der Waals surface area contributed by atoms with Crippen LogP contribution in [0.25, 0.3) is 0 Å². The van der Waals surface area contributed by atoms with Crippen LogP contribution in [0.15, 0.2) is 131 Å². The van der Waals surface area contributed by atoms with Crippen LogP contribution < -0.4 is 9.47 Å². The van der Waals surface area contributed by atoms with Crippen LogP contribution in [0.5, 0.6) is 23.0 Å². The number of ketones is 2. The fourth-order valence-electron chi connectivity index (χ4n) is 7.46. The number of halogens is 6. The average Bonchev–Trinajstić information content (AvgIpc) is 3.73. The smallest absolute Gasteiger partial charge is 0.411 e. The van der Waals surface area contributed by atoms with Crippen molar-refractivity contribution in [2.75, 3.05) is 0 Å². The van der Waals surface area contributed by atoms with Crippen LogP contribution in [0, 0.1) is 0 Å². The molecule has 0 bridgehead atoms. The van der Waals surface area contributed by atoms with Crippen molar-refractivity contribution in [2.45, 2.75) is 27.6 Å². The molecule has 0 amide bonds. The topological polar surface area (TPSA) is 248 Å². The van der Waals surface area contributed by atoms with Crippen LogP contribution >= 0.6 is 0 Å². The van der Waals surface area contributed by atoms with E-state index in [0.29, 0.717) is 24.3 Å². The van der Waals surface area contributed by atoms with E-state index in [9.17, 15) is 54.7 Å². The molecule has 0 spiro atoms. The second-order valence-corrected chi connectivity index (χ2v) is 17.6. The Balaban J connectivity index is 1.35. The third-order valence-electron chi connectivity index (χ3n) is 10.6. The maximum atomic E-state index is 15.9. The zero-order chi connectivity index (χ0) is 50.2. The van der Waals surface area contributed by atoms with Crippen molar-refractivity contribution in [3.8, 4) is 23.0 Å². The standard InChI is InChI=1S/C45H22F6O16S2/c46-44(47,48)43(45(49,50)51,23-7-13-35(64-25-9-11-29-31(19-25)41(56)66-39(29)54)33(17-23)37(52)21-3-1-5-27(15-21)68(58,59)60)24-8-14-36(65-26-10-12-30-32(20-26)42(57)67-40(30)55)34(18-24)38(53)22-4-2-6-28(16-22)69(61,62)63/h1-20H,(H,58,59,60)(H,61,62,63). The van der Waals surface area contributed by atoms with E-state index in [1.165, 1.54) is 0 Å². The van der Waals surface area contributed by atoms with Crippen LogP contribution in [-0.4, -0.2) is 73.7 Å². The predicted molar refractivity (Wildman–Crippen MR) is 218 cm³/mol. The van der Waals surface area contributed by atoms with Crippen molar-refractivity contribution in [1.29, 1.82) is 0 Å². The molecule has 2 heterocycles. The second-order valence-electron chi connectivity index (χ2n) is 14.8. The summed E-state index contributed by atoms with van der Waals surface area (Å²) in [4.78, 5) is 75.3. The van der Waals surface area contributed by atoms with Crippen molar-refractivity contribution >= 4 is 55.7 Å². The van der Waals surface area contributed by atoms with E-state index in [1.807, 2.05) is 0 Å². The first-order valence-electron chi connectivity index (χ1n) is 19.0. The molecule has 0 aromatic heterocycles. The molecule has 0 saturated heterocycles. The Morgan fingerprint density at radius 1 is 0.464 bits per heavy atom. The number of alkyl halides is 6. The molecule has 69 heavy (non-hydrogen) atoms. The van der Waals surface area contributed by atoms with E-state index >= 15 is 26.3 Å². The molecule has 0 aliphatic carbocycles. The van der Waals surface area contributed by atoms with Gasteiger partial charge in [0.2, 0.25) is 5.41 Å². The van der Waals surface area contributed by atoms with E-state index in [4.69, 9.17) is 9.47 Å². The molecule has 6 aromatic carbocycles. The summed E-state index contributed by atoms with van der Waals surface area (Å²) < 4.78 is 183. The highest BCUT2D eigenvalue weighted by Crippen LogP contribution is 2.57. The number of ether oxygens (including phenoxy) is 4. The molecule has 0 atom stereocenters. The van der Waals surface area contributed by atoms with Gasteiger partial charge in [0.15, 0.2) is 11.6 Å². The Morgan fingerprint density at radius 3 is 1.17 bits per heavy atom. The first-order chi connectivity index (χ1) is 32.2. The maximum absolute atomic E-state index is 15.9. The molecule has 2 N–H and O–H groups in total. The van der Waals surface area contributed by atoms with Crippen LogP contribution in [-0.2, 0) is 35.1 Å². The zero-order valence-corrected chi connectivity index (χ0v) is 35.4. The molecule has 8 rings (SSSR count). The third kappa shape index (κ3) is 8.49. The van der Waals surface area contributed by atoms with Gasteiger partial charge in [-0.15, -0.1) is 0 Å². The minimum absolute atomic E-state index is 0.121. The van der Waals surface area contributed by atoms with Gasteiger partial charge in [0, 0.05) is 11.1 Å².